The molecule has 1 saturated carbocycles. The number of hydrogen-bond acceptors (Lipinski definition) is 5. The Morgan fingerprint density at radius 1 is 0.867 bits per heavy atom. The first kappa shape index (κ1) is 20.6. The molecule has 4 rings (SSSR count). The van der Waals surface area contributed by atoms with E-state index < -0.39 is 15.4 Å². The van der Waals surface area contributed by atoms with Crippen molar-refractivity contribution in [3.8, 4) is 0 Å². The Morgan fingerprint density at radius 2 is 1.43 bits per heavy atom. The van der Waals surface area contributed by atoms with E-state index in [9.17, 15) is 18.0 Å². The van der Waals surface area contributed by atoms with Gasteiger partial charge in [-0.15, -0.1) is 0 Å². The summed E-state index contributed by atoms with van der Waals surface area (Å²) in [4.78, 5) is 26.9. The molecule has 1 aliphatic carbocycles. The molecule has 0 aromatic heterocycles. The lowest BCUT2D eigenvalue weighted by atomic mass is 9.96. The van der Waals surface area contributed by atoms with Crippen LogP contribution in [0.1, 0.15) is 18.4 Å². The average molecular weight is 429 g/mol. The zero-order chi connectivity index (χ0) is 21.2. The summed E-state index contributed by atoms with van der Waals surface area (Å²) in [6.45, 7) is 0.646. The average Bonchev–Trinajstić information content (AvgIpc) is 3.61. The van der Waals surface area contributed by atoms with Crippen LogP contribution in [0.25, 0.3) is 0 Å². The lowest BCUT2D eigenvalue weighted by Gasteiger charge is -2.34. The summed E-state index contributed by atoms with van der Waals surface area (Å²) in [6, 6.07) is 17.7. The van der Waals surface area contributed by atoms with Crippen LogP contribution in [0.15, 0.2) is 65.6 Å². The van der Waals surface area contributed by atoms with Gasteiger partial charge in [0.1, 0.15) is 0 Å². The highest BCUT2D eigenvalue weighted by atomic mass is 32.2. The number of nitrogens with zero attached hydrogens (tertiary/aromatic N) is 2. The molecule has 1 aliphatic heterocycles. The third-order valence-corrected chi connectivity index (χ3v) is 7.68. The molecule has 30 heavy (non-hydrogen) atoms. The molecule has 2 fully saturated rings. The van der Waals surface area contributed by atoms with Gasteiger partial charge in [0.05, 0.1) is 10.3 Å². The van der Waals surface area contributed by atoms with Crippen LogP contribution in [0.3, 0.4) is 0 Å². The van der Waals surface area contributed by atoms with E-state index in [1.165, 1.54) is 4.31 Å². The van der Waals surface area contributed by atoms with E-state index in [1.54, 1.807) is 35.2 Å². The van der Waals surface area contributed by atoms with Crippen molar-refractivity contribution in [2.45, 2.75) is 23.2 Å². The van der Waals surface area contributed by atoms with Crippen molar-refractivity contribution >= 4 is 21.9 Å². The van der Waals surface area contributed by atoms with Gasteiger partial charge in [-0.25, -0.2) is 8.42 Å². The predicted molar refractivity (Wildman–Crippen MR) is 110 cm³/mol. The monoisotopic (exact) mass is 428 g/mol. The third kappa shape index (κ3) is 3.97. The Morgan fingerprint density at radius 3 is 2.00 bits per heavy atom. The normalized spacial score (nSPS) is 18.6. The quantitative estimate of drug-likeness (QED) is 0.655. The Kier molecular flexibility index (Phi) is 5.62. The molecule has 2 aromatic carbocycles. The van der Waals surface area contributed by atoms with E-state index in [1.807, 2.05) is 30.3 Å². The van der Waals surface area contributed by atoms with Gasteiger partial charge in [0.15, 0.2) is 6.61 Å². The second-order valence-corrected chi connectivity index (χ2v) is 9.56. The summed E-state index contributed by atoms with van der Waals surface area (Å²) in [7, 11) is -3.57. The Labute approximate surface area is 176 Å². The molecule has 0 radical (unpaired) electrons. The number of hydrogen-bond donors (Lipinski definition) is 0. The Bertz CT molecular complexity index is 1010. The molecular formula is C22H24N2O5S. The van der Waals surface area contributed by atoms with Crippen LogP contribution in [0.5, 0.6) is 0 Å². The lowest BCUT2D eigenvalue weighted by molar-refractivity contribution is -0.154. The van der Waals surface area contributed by atoms with Crippen molar-refractivity contribution in [2.24, 2.45) is 0 Å². The number of ether oxygens (including phenoxy) is 1. The summed E-state index contributed by atoms with van der Waals surface area (Å²) in [5, 5.41) is 0. The maximum absolute atomic E-state index is 12.7. The van der Waals surface area contributed by atoms with Crippen molar-refractivity contribution in [1.29, 1.82) is 0 Å². The smallest absolute Gasteiger partial charge is 0.317 e. The molecule has 7 nitrogen and oxygen atoms in total. The first-order valence-electron chi connectivity index (χ1n) is 9.99. The first-order valence-corrected chi connectivity index (χ1v) is 11.4. The number of piperazine rings is 1. The van der Waals surface area contributed by atoms with Crippen LogP contribution in [0.4, 0.5) is 0 Å². The van der Waals surface area contributed by atoms with Gasteiger partial charge >= 0.3 is 5.97 Å². The fourth-order valence-corrected chi connectivity index (χ4v) is 5.21. The summed E-state index contributed by atoms with van der Waals surface area (Å²) in [5.74, 6) is -0.670. The van der Waals surface area contributed by atoms with E-state index in [-0.39, 0.29) is 49.6 Å². The molecule has 158 valence electrons. The molecule has 1 heterocycles. The summed E-state index contributed by atoms with van der Waals surface area (Å²) >= 11 is 0. The number of esters is 1. The van der Waals surface area contributed by atoms with Crippen molar-refractivity contribution < 1.29 is 22.7 Å². The minimum absolute atomic E-state index is 0.213. The molecule has 0 spiro atoms. The zero-order valence-electron chi connectivity index (χ0n) is 16.6. The SMILES string of the molecule is O=C(COC(=O)C1(c2ccccc2)CC1)N1CCN(S(=O)(=O)c2ccccc2)CC1. The van der Waals surface area contributed by atoms with Crippen molar-refractivity contribution in [2.75, 3.05) is 32.8 Å². The van der Waals surface area contributed by atoms with Gasteiger partial charge in [-0.1, -0.05) is 48.5 Å². The minimum atomic E-state index is -3.57. The van der Waals surface area contributed by atoms with E-state index in [0.717, 1.165) is 18.4 Å². The second kappa shape index (κ2) is 8.20. The van der Waals surface area contributed by atoms with Crippen LogP contribution >= 0.6 is 0 Å². The van der Waals surface area contributed by atoms with Crippen molar-refractivity contribution in [1.82, 2.24) is 9.21 Å². The number of rotatable bonds is 6. The summed E-state index contributed by atoms with van der Waals surface area (Å²) in [5.41, 5.74) is 0.298. The minimum Gasteiger partial charge on any atom is -0.455 e. The van der Waals surface area contributed by atoms with E-state index in [4.69, 9.17) is 4.74 Å². The maximum Gasteiger partial charge on any atom is 0.317 e. The molecular weight excluding hydrogens is 404 g/mol. The van der Waals surface area contributed by atoms with Gasteiger partial charge in [0.2, 0.25) is 10.0 Å². The molecule has 2 aliphatic rings. The number of carbonyl (C=O) groups is 2. The molecule has 2 aromatic rings. The first-order chi connectivity index (χ1) is 14.4. The van der Waals surface area contributed by atoms with Gasteiger partial charge in [-0.05, 0) is 30.5 Å². The second-order valence-electron chi connectivity index (χ2n) is 7.62. The standard InChI is InChI=1S/C22H24N2O5S/c25-20(17-29-21(26)22(11-12-22)18-7-3-1-4-8-18)23-13-15-24(16-14-23)30(27,28)19-9-5-2-6-10-19/h1-10H,11-17H2. The van der Waals surface area contributed by atoms with Crippen LogP contribution in [-0.4, -0.2) is 62.3 Å². The molecule has 8 heteroatoms. The van der Waals surface area contributed by atoms with Gasteiger partial charge < -0.3 is 9.64 Å². The Balaban J connectivity index is 1.30. The lowest BCUT2D eigenvalue weighted by Crippen LogP contribution is -2.51. The number of carbonyl (C=O) groups excluding carboxylic acids is 2. The molecule has 1 saturated heterocycles. The van der Waals surface area contributed by atoms with Gasteiger partial charge in [0, 0.05) is 26.2 Å². The highest BCUT2D eigenvalue weighted by molar-refractivity contribution is 7.89. The number of benzene rings is 2. The van der Waals surface area contributed by atoms with Crippen LogP contribution in [0.2, 0.25) is 0 Å². The predicted octanol–water partition coefficient (Wildman–Crippen LogP) is 1.79. The highest BCUT2D eigenvalue weighted by Crippen LogP contribution is 2.49. The number of amides is 1. The molecule has 0 N–H and O–H groups in total. The van der Waals surface area contributed by atoms with Crippen LogP contribution in [-0.2, 0) is 29.8 Å². The van der Waals surface area contributed by atoms with E-state index in [0.29, 0.717) is 0 Å². The van der Waals surface area contributed by atoms with Gasteiger partial charge in [-0.2, -0.15) is 4.31 Å². The molecule has 0 unspecified atom stereocenters. The number of sulfonamides is 1. The fraction of sp³-hybridized carbons (Fsp3) is 0.364. The molecule has 0 bridgehead atoms. The molecule has 0 atom stereocenters. The summed E-state index contributed by atoms with van der Waals surface area (Å²) < 4.78 is 32.1. The summed E-state index contributed by atoms with van der Waals surface area (Å²) in [6.07, 6.45) is 1.44. The third-order valence-electron chi connectivity index (χ3n) is 5.77. The van der Waals surface area contributed by atoms with Crippen LogP contribution < -0.4 is 0 Å². The van der Waals surface area contributed by atoms with Gasteiger partial charge in [0.25, 0.3) is 5.91 Å². The zero-order valence-corrected chi connectivity index (χ0v) is 17.4. The van der Waals surface area contributed by atoms with Crippen molar-refractivity contribution in [3.05, 3.63) is 66.2 Å². The van der Waals surface area contributed by atoms with Crippen molar-refractivity contribution in [3.63, 3.8) is 0 Å². The highest BCUT2D eigenvalue weighted by Gasteiger charge is 2.52. The topological polar surface area (TPSA) is 84.0 Å². The van der Waals surface area contributed by atoms with E-state index in [2.05, 4.69) is 0 Å². The largest absolute Gasteiger partial charge is 0.455 e. The van der Waals surface area contributed by atoms with Gasteiger partial charge in [-0.3, -0.25) is 9.59 Å². The van der Waals surface area contributed by atoms with Crippen LogP contribution in [0, 0.1) is 0 Å². The fourth-order valence-electron chi connectivity index (χ4n) is 3.77. The van der Waals surface area contributed by atoms with E-state index >= 15 is 0 Å². The Hall–Kier alpha value is -2.71. The molecule has 1 amide bonds. The maximum atomic E-state index is 12.7.